The van der Waals surface area contributed by atoms with Crippen LogP contribution >= 0.6 is 0 Å². The van der Waals surface area contributed by atoms with Gasteiger partial charge in [0.25, 0.3) is 15.9 Å². The number of hydrogen-bond acceptors (Lipinski definition) is 5. The van der Waals surface area contributed by atoms with Gasteiger partial charge in [0.05, 0.1) is 4.90 Å². The Kier molecular flexibility index (Phi) is 7.76. The van der Waals surface area contributed by atoms with E-state index in [0.29, 0.717) is 32.3 Å². The molecule has 0 unspecified atom stereocenters. The molecule has 4 fully saturated rings. The van der Waals surface area contributed by atoms with Crippen LogP contribution in [0.15, 0.2) is 53.4 Å². The standard InChI is InChI=1S/C31H41N5O5S/c1-21-6-4-7-25(14-21)42(40,41)36(27(32)38)13-5-12-33-26(37)23-8-10-24(11-9-23)34-28(39)35-31-17-22-15-29(2,19-31)18-30(3,16-22)20-31/h4,6-11,14,22H,5,12-13,15-20H2,1-3H3,(H2,32,38)(H,33,37)(H2,34,35,39)/t22?,29-,30-,31?/m1/s1. The molecule has 4 bridgehead atoms. The van der Waals surface area contributed by atoms with Crippen molar-refractivity contribution in [2.24, 2.45) is 22.5 Å². The minimum absolute atomic E-state index is 0.0192. The molecular formula is C31H41N5O5S. The number of carbonyl (C=O) groups is 3. The Bertz CT molecular complexity index is 1470. The largest absolute Gasteiger partial charge is 0.352 e. The third-order valence-electron chi connectivity index (χ3n) is 9.06. The number of nitrogens with zero attached hydrogens (tertiary/aromatic N) is 1. The number of urea groups is 2. The van der Waals surface area contributed by atoms with Gasteiger partial charge in [-0.25, -0.2) is 22.3 Å². The van der Waals surface area contributed by atoms with Crippen molar-refractivity contribution in [2.75, 3.05) is 18.4 Å². The maximum Gasteiger partial charge on any atom is 0.328 e. The topological polar surface area (TPSA) is 151 Å². The number of amides is 5. The molecule has 42 heavy (non-hydrogen) atoms. The molecule has 4 aliphatic carbocycles. The van der Waals surface area contributed by atoms with Gasteiger partial charge in [-0.2, -0.15) is 0 Å². The van der Waals surface area contributed by atoms with Gasteiger partial charge in [-0.1, -0.05) is 26.0 Å². The van der Waals surface area contributed by atoms with Gasteiger partial charge < -0.3 is 21.7 Å². The maximum absolute atomic E-state index is 13.0. The molecule has 0 saturated heterocycles. The van der Waals surface area contributed by atoms with Crippen molar-refractivity contribution in [3.8, 4) is 0 Å². The van der Waals surface area contributed by atoms with Crippen LogP contribution in [0.25, 0.3) is 0 Å². The van der Waals surface area contributed by atoms with Crippen molar-refractivity contribution in [1.82, 2.24) is 14.9 Å². The lowest BCUT2D eigenvalue weighted by molar-refractivity contribution is -0.113. The fraction of sp³-hybridized carbons (Fsp3) is 0.516. The summed E-state index contributed by atoms with van der Waals surface area (Å²) in [4.78, 5) is 37.6. The first-order chi connectivity index (χ1) is 19.7. The molecule has 0 heterocycles. The van der Waals surface area contributed by atoms with Crippen molar-refractivity contribution in [3.63, 3.8) is 0 Å². The summed E-state index contributed by atoms with van der Waals surface area (Å²) in [6.45, 7) is 6.45. The predicted molar refractivity (Wildman–Crippen MR) is 160 cm³/mol. The number of carbonyl (C=O) groups excluding carboxylic acids is 3. The van der Waals surface area contributed by atoms with E-state index in [4.69, 9.17) is 5.73 Å². The summed E-state index contributed by atoms with van der Waals surface area (Å²) >= 11 is 0. The lowest BCUT2D eigenvalue weighted by atomic mass is 9.43. The van der Waals surface area contributed by atoms with Gasteiger partial charge >= 0.3 is 12.1 Å². The van der Waals surface area contributed by atoms with Crippen LogP contribution in [0.5, 0.6) is 0 Å². The second-order valence-electron chi connectivity index (χ2n) is 13.4. The molecule has 0 aromatic heterocycles. The van der Waals surface area contributed by atoms with Crippen LogP contribution in [0.4, 0.5) is 15.3 Å². The summed E-state index contributed by atoms with van der Waals surface area (Å²) in [7, 11) is -4.11. The van der Waals surface area contributed by atoms with Crippen LogP contribution in [0, 0.1) is 23.7 Å². The molecule has 2 aromatic rings. The molecule has 0 radical (unpaired) electrons. The van der Waals surface area contributed by atoms with E-state index in [1.54, 1.807) is 43.3 Å². The quantitative estimate of drug-likeness (QED) is 0.308. The van der Waals surface area contributed by atoms with E-state index in [2.05, 4.69) is 29.8 Å². The molecule has 6 rings (SSSR count). The van der Waals surface area contributed by atoms with E-state index in [0.717, 1.165) is 24.8 Å². The van der Waals surface area contributed by atoms with Crippen molar-refractivity contribution < 1.29 is 22.8 Å². The minimum atomic E-state index is -4.11. The third-order valence-corrected chi connectivity index (χ3v) is 10.8. The highest BCUT2D eigenvalue weighted by molar-refractivity contribution is 7.89. The summed E-state index contributed by atoms with van der Waals surface area (Å²) in [6, 6.07) is 11.5. The van der Waals surface area contributed by atoms with E-state index < -0.39 is 16.1 Å². The number of nitrogens with two attached hydrogens (primary N) is 1. The normalized spacial score (nSPS) is 27.7. The van der Waals surface area contributed by atoms with Gasteiger partial charge in [-0.15, -0.1) is 0 Å². The van der Waals surface area contributed by atoms with Crippen LogP contribution in [-0.4, -0.2) is 49.3 Å². The highest BCUT2D eigenvalue weighted by Gasteiger charge is 2.60. The zero-order chi connectivity index (χ0) is 30.3. The molecule has 2 atom stereocenters. The van der Waals surface area contributed by atoms with Crippen LogP contribution in [-0.2, 0) is 10.0 Å². The molecule has 4 saturated carbocycles. The number of rotatable bonds is 9. The molecule has 10 nitrogen and oxygen atoms in total. The average molecular weight is 596 g/mol. The van der Waals surface area contributed by atoms with Crippen molar-refractivity contribution >= 4 is 33.7 Å². The lowest BCUT2D eigenvalue weighted by Gasteiger charge is -2.65. The van der Waals surface area contributed by atoms with Gasteiger partial charge in [0, 0.05) is 29.9 Å². The van der Waals surface area contributed by atoms with Crippen LogP contribution < -0.4 is 21.7 Å². The Morgan fingerprint density at radius 2 is 1.64 bits per heavy atom. The van der Waals surface area contributed by atoms with Gasteiger partial charge in [-0.3, -0.25) is 4.79 Å². The number of aryl methyl sites for hydroxylation is 1. The second-order valence-corrected chi connectivity index (χ2v) is 15.3. The second kappa shape index (κ2) is 10.9. The van der Waals surface area contributed by atoms with E-state index in [9.17, 15) is 22.8 Å². The molecule has 0 spiro atoms. The predicted octanol–water partition coefficient (Wildman–Crippen LogP) is 4.76. The zero-order valence-corrected chi connectivity index (χ0v) is 25.4. The summed E-state index contributed by atoms with van der Waals surface area (Å²) in [6.07, 6.45) is 7.02. The Morgan fingerprint density at radius 3 is 2.24 bits per heavy atom. The Labute approximate surface area is 247 Å². The van der Waals surface area contributed by atoms with Crippen LogP contribution in [0.2, 0.25) is 0 Å². The summed E-state index contributed by atoms with van der Waals surface area (Å²) in [5, 5.41) is 8.99. The van der Waals surface area contributed by atoms with Crippen molar-refractivity contribution in [3.05, 3.63) is 59.7 Å². The van der Waals surface area contributed by atoms with E-state index >= 15 is 0 Å². The van der Waals surface area contributed by atoms with E-state index in [1.807, 2.05) is 0 Å². The van der Waals surface area contributed by atoms with E-state index in [1.165, 1.54) is 31.4 Å². The number of nitrogens with one attached hydrogen (secondary N) is 3. The first kappa shape index (κ1) is 29.9. The fourth-order valence-corrected chi connectivity index (χ4v) is 9.92. The van der Waals surface area contributed by atoms with Gasteiger partial charge in [0.15, 0.2) is 0 Å². The zero-order valence-electron chi connectivity index (χ0n) is 24.5. The van der Waals surface area contributed by atoms with Crippen molar-refractivity contribution in [2.45, 2.75) is 76.2 Å². The van der Waals surface area contributed by atoms with Gasteiger partial charge in [-0.05, 0) is 111 Å². The number of hydrogen-bond donors (Lipinski definition) is 4. The summed E-state index contributed by atoms with van der Waals surface area (Å²) in [5.74, 6) is 0.318. The van der Waals surface area contributed by atoms with Crippen molar-refractivity contribution in [1.29, 1.82) is 0 Å². The van der Waals surface area contributed by atoms with Crippen LogP contribution in [0.3, 0.4) is 0 Å². The molecular weight excluding hydrogens is 554 g/mol. The van der Waals surface area contributed by atoms with Gasteiger partial charge in [0.1, 0.15) is 0 Å². The Balaban J connectivity index is 1.11. The average Bonchev–Trinajstić information content (AvgIpc) is 2.86. The molecule has 0 aliphatic heterocycles. The SMILES string of the molecule is Cc1cccc(S(=O)(=O)N(CCCNC(=O)c2ccc(NC(=O)NC34CC5C[C@@](C)(C3)C[C@@](C)(C5)C4)cc2)C(N)=O)c1. The Hall–Kier alpha value is -3.60. The third kappa shape index (κ3) is 6.25. The smallest absolute Gasteiger partial charge is 0.328 e. The minimum Gasteiger partial charge on any atom is -0.352 e. The molecule has 226 valence electrons. The number of sulfonamides is 1. The Morgan fingerprint density at radius 1 is 0.976 bits per heavy atom. The molecule has 2 aromatic carbocycles. The molecule has 5 amide bonds. The van der Waals surface area contributed by atoms with Gasteiger partial charge in [0.2, 0.25) is 0 Å². The fourth-order valence-electron chi connectivity index (χ4n) is 8.47. The van der Waals surface area contributed by atoms with Crippen LogP contribution in [0.1, 0.15) is 74.7 Å². The molecule has 11 heteroatoms. The molecule has 4 aliphatic rings. The maximum atomic E-state index is 13.0. The first-order valence-electron chi connectivity index (χ1n) is 14.6. The monoisotopic (exact) mass is 595 g/mol. The summed E-state index contributed by atoms with van der Waals surface area (Å²) < 4.78 is 26.4. The molecule has 5 N–H and O–H groups in total. The van der Waals surface area contributed by atoms with E-state index in [-0.39, 0.29) is 41.9 Å². The lowest BCUT2D eigenvalue weighted by Crippen LogP contribution is -2.65. The first-order valence-corrected chi connectivity index (χ1v) is 16.0. The highest BCUT2D eigenvalue weighted by Crippen LogP contribution is 2.66. The summed E-state index contributed by atoms with van der Waals surface area (Å²) in [5.41, 5.74) is 7.51. The highest BCUT2D eigenvalue weighted by atomic mass is 32.2. The number of anilines is 1. The number of primary amides is 1. The number of benzene rings is 2.